The van der Waals surface area contributed by atoms with E-state index in [-0.39, 0.29) is 5.82 Å². The predicted molar refractivity (Wildman–Crippen MR) is 107 cm³/mol. The lowest BCUT2D eigenvalue weighted by molar-refractivity contribution is 1.26. The summed E-state index contributed by atoms with van der Waals surface area (Å²) in [5, 5.41) is 10.4. The molecule has 0 saturated carbocycles. The topological polar surface area (TPSA) is 62.7 Å². The number of halogens is 3. The highest BCUT2D eigenvalue weighted by atomic mass is 79.9. The lowest BCUT2D eigenvalue weighted by Crippen LogP contribution is -2.03. The van der Waals surface area contributed by atoms with Crippen LogP contribution in [0.1, 0.15) is 11.1 Å². The molecule has 0 atom stereocenters. The molecule has 6 heteroatoms. The zero-order valence-corrected chi connectivity index (χ0v) is 16.2. The first-order valence-electron chi connectivity index (χ1n) is 7.34. The second-order valence-corrected chi connectivity index (χ2v) is 7.14. The van der Waals surface area contributed by atoms with E-state index in [0.717, 1.165) is 15.6 Å². The molecular formula is C19H12BrCl2N3. The van der Waals surface area contributed by atoms with Crippen LogP contribution < -0.4 is 5.73 Å². The number of anilines is 1. The molecule has 2 N–H and O–H groups in total. The van der Waals surface area contributed by atoms with Gasteiger partial charge in [-0.2, -0.15) is 5.26 Å². The van der Waals surface area contributed by atoms with Crippen molar-refractivity contribution in [2.24, 2.45) is 0 Å². The SMILES string of the molecule is Cc1c(-c2ccc(Br)cc2)nc(N)c(C#N)c1-c1cccc(Cl)c1Cl. The first-order chi connectivity index (χ1) is 11.9. The van der Waals surface area contributed by atoms with E-state index in [1.54, 1.807) is 12.1 Å². The molecule has 0 fully saturated rings. The van der Waals surface area contributed by atoms with Crippen molar-refractivity contribution in [3.8, 4) is 28.5 Å². The van der Waals surface area contributed by atoms with Gasteiger partial charge in [0, 0.05) is 21.2 Å². The van der Waals surface area contributed by atoms with Gasteiger partial charge in [0.05, 0.1) is 15.7 Å². The fraction of sp³-hybridized carbons (Fsp3) is 0.0526. The van der Waals surface area contributed by atoms with Crippen LogP contribution in [0.3, 0.4) is 0 Å². The van der Waals surface area contributed by atoms with E-state index in [0.29, 0.717) is 32.4 Å². The summed E-state index contributed by atoms with van der Waals surface area (Å²) in [6, 6.07) is 15.2. The third-order valence-electron chi connectivity index (χ3n) is 3.92. The van der Waals surface area contributed by atoms with Gasteiger partial charge in [-0.3, -0.25) is 0 Å². The number of hydrogen-bond donors (Lipinski definition) is 1. The minimum atomic E-state index is 0.164. The van der Waals surface area contributed by atoms with Crippen molar-refractivity contribution in [2.75, 3.05) is 5.73 Å². The highest BCUT2D eigenvalue weighted by molar-refractivity contribution is 9.10. The number of benzene rings is 2. The van der Waals surface area contributed by atoms with Crippen LogP contribution in [0, 0.1) is 18.3 Å². The molecule has 124 valence electrons. The molecular weight excluding hydrogens is 421 g/mol. The van der Waals surface area contributed by atoms with Crippen LogP contribution in [0.5, 0.6) is 0 Å². The van der Waals surface area contributed by atoms with Gasteiger partial charge >= 0.3 is 0 Å². The van der Waals surface area contributed by atoms with E-state index < -0.39 is 0 Å². The maximum absolute atomic E-state index is 9.59. The molecule has 0 spiro atoms. The highest BCUT2D eigenvalue weighted by Crippen LogP contribution is 2.41. The summed E-state index contributed by atoms with van der Waals surface area (Å²) >= 11 is 16.0. The Morgan fingerprint density at radius 3 is 2.44 bits per heavy atom. The van der Waals surface area contributed by atoms with Gasteiger partial charge in [0.25, 0.3) is 0 Å². The number of pyridine rings is 1. The average Bonchev–Trinajstić information content (AvgIpc) is 2.60. The van der Waals surface area contributed by atoms with Gasteiger partial charge in [-0.1, -0.05) is 63.4 Å². The maximum atomic E-state index is 9.59. The maximum Gasteiger partial charge on any atom is 0.142 e. The van der Waals surface area contributed by atoms with Gasteiger partial charge in [-0.25, -0.2) is 4.98 Å². The summed E-state index contributed by atoms with van der Waals surface area (Å²) in [6.07, 6.45) is 0. The van der Waals surface area contributed by atoms with Crippen LogP contribution in [0.25, 0.3) is 22.4 Å². The van der Waals surface area contributed by atoms with Crippen LogP contribution in [0.2, 0.25) is 10.0 Å². The Morgan fingerprint density at radius 1 is 1.12 bits per heavy atom. The molecule has 0 aliphatic carbocycles. The Bertz CT molecular complexity index is 1010. The molecule has 3 rings (SSSR count). The van der Waals surface area contributed by atoms with Gasteiger partial charge < -0.3 is 5.73 Å². The smallest absolute Gasteiger partial charge is 0.142 e. The van der Waals surface area contributed by atoms with Crippen LogP contribution in [-0.4, -0.2) is 4.98 Å². The van der Waals surface area contributed by atoms with Gasteiger partial charge in [-0.05, 0) is 30.7 Å². The van der Waals surface area contributed by atoms with Gasteiger partial charge in [0.2, 0.25) is 0 Å². The Hall–Kier alpha value is -2.06. The third kappa shape index (κ3) is 3.23. The molecule has 0 aliphatic rings. The zero-order chi connectivity index (χ0) is 18.1. The van der Waals surface area contributed by atoms with E-state index >= 15 is 0 Å². The van der Waals surface area contributed by atoms with Gasteiger partial charge in [-0.15, -0.1) is 0 Å². The first kappa shape index (κ1) is 17.8. The van der Waals surface area contributed by atoms with Crippen molar-refractivity contribution >= 4 is 44.9 Å². The van der Waals surface area contributed by atoms with E-state index in [9.17, 15) is 5.26 Å². The number of rotatable bonds is 2. The van der Waals surface area contributed by atoms with E-state index in [1.165, 1.54) is 0 Å². The van der Waals surface area contributed by atoms with E-state index in [4.69, 9.17) is 28.9 Å². The predicted octanol–water partition coefficient (Wildman–Crippen LogP) is 6.25. The van der Waals surface area contributed by atoms with Crippen LogP contribution >= 0.6 is 39.1 Å². The second kappa shape index (κ2) is 7.05. The minimum Gasteiger partial charge on any atom is -0.383 e. The molecule has 0 amide bonds. The number of nitrogen functional groups attached to an aromatic ring is 1. The Balaban J connectivity index is 2.36. The summed E-state index contributed by atoms with van der Waals surface area (Å²) in [5.74, 6) is 0.164. The summed E-state index contributed by atoms with van der Waals surface area (Å²) < 4.78 is 0.966. The van der Waals surface area contributed by atoms with Crippen molar-refractivity contribution in [2.45, 2.75) is 6.92 Å². The molecule has 0 radical (unpaired) electrons. The van der Waals surface area contributed by atoms with E-state index in [2.05, 4.69) is 27.0 Å². The number of nitrogens with two attached hydrogens (primary N) is 1. The molecule has 0 aliphatic heterocycles. The first-order valence-corrected chi connectivity index (χ1v) is 8.89. The summed E-state index contributed by atoms with van der Waals surface area (Å²) in [4.78, 5) is 4.45. The molecule has 0 saturated heterocycles. The molecule has 1 heterocycles. The lowest BCUT2D eigenvalue weighted by atomic mass is 9.93. The molecule has 2 aromatic carbocycles. The molecule has 0 unspecified atom stereocenters. The minimum absolute atomic E-state index is 0.164. The largest absolute Gasteiger partial charge is 0.383 e. The Morgan fingerprint density at radius 2 is 1.80 bits per heavy atom. The Labute approximate surface area is 164 Å². The van der Waals surface area contributed by atoms with Crippen molar-refractivity contribution in [3.05, 3.63) is 68.1 Å². The molecule has 1 aromatic heterocycles. The summed E-state index contributed by atoms with van der Waals surface area (Å²) in [5.41, 5.74) is 10.1. The van der Waals surface area contributed by atoms with Crippen LogP contribution in [0.4, 0.5) is 5.82 Å². The van der Waals surface area contributed by atoms with Gasteiger partial charge in [0.15, 0.2) is 0 Å². The molecule has 3 aromatic rings. The summed E-state index contributed by atoms with van der Waals surface area (Å²) in [6.45, 7) is 1.90. The fourth-order valence-corrected chi connectivity index (χ4v) is 3.39. The fourth-order valence-electron chi connectivity index (χ4n) is 2.73. The molecule has 0 bridgehead atoms. The molecule has 25 heavy (non-hydrogen) atoms. The standard InChI is InChI=1S/C19H12BrCl2N3/c1-10-16(13-3-2-4-15(21)17(13)22)14(9-23)19(24)25-18(10)11-5-7-12(20)8-6-11/h2-8H,1H3,(H2,24,25). The molecule has 3 nitrogen and oxygen atoms in total. The average molecular weight is 433 g/mol. The monoisotopic (exact) mass is 431 g/mol. The van der Waals surface area contributed by atoms with Crippen LogP contribution in [-0.2, 0) is 0 Å². The number of nitrogens with zero attached hydrogens (tertiary/aromatic N) is 2. The highest BCUT2D eigenvalue weighted by Gasteiger charge is 2.20. The number of nitriles is 1. The third-order valence-corrected chi connectivity index (χ3v) is 5.27. The van der Waals surface area contributed by atoms with Crippen LogP contribution in [0.15, 0.2) is 46.9 Å². The normalized spacial score (nSPS) is 10.5. The number of aromatic nitrogens is 1. The van der Waals surface area contributed by atoms with Crippen molar-refractivity contribution in [3.63, 3.8) is 0 Å². The zero-order valence-electron chi connectivity index (χ0n) is 13.1. The van der Waals surface area contributed by atoms with E-state index in [1.807, 2.05) is 37.3 Å². The van der Waals surface area contributed by atoms with Gasteiger partial charge in [0.1, 0.15) is 17.5 Å². The van der Waals surface area contributed by atoms with Crippen molar-refractivity contribution in [1.29, 1.82) is 5.26 Å². The quantitative estimate of drug-likeness (QED) is 0.520. The van der Waals surface area contributed by atoms with Crippen molar-refractivity contribution < 1.29 is 0 Å². The summed E-state index contributed by atoms with van der Waals surface area (Å²) in [7, 11) is 0. The Kier molecular flexibility index (Phi) is 5.01. The lowest BCUT2D eigenvalue weighted by Gasteiger charge is -2.16. The van der Waals surface area contributed by atoms with Crippen molar-refractivity contribution in [1.82, 2.24) is 4.98 Å². The number of hydrogen-bond acceptors (Lipinski definition) is 3. The second-order valence-electron chi connectivity index (χ2n) is 5.44.